The number of fused-ring (bicyclic) bond motifs is 13. The Morgan fingerprint density at radius 2 is 0.457 bits per heavy atom. The van der Waals surface area contributed by atoms with Crippen molar-refractivity contribution >= 4 is 110 Å². The van der Waals surface area contributed by atoms with E-state index in [4.69, 9.17) is 43.2 Å². The second-order valence-electron chi connectivity index (χ2n) is 31.9. The van der Waals surface area contributed by atoms with Gasteiger partial charge in [-0.2, -0.15) is 0 Å². The molecule has 9 nitrogen and oxygen atoms in total. The molecular weight excluding hydrogens is 1550 g/mol. The lowest BCUT2D eigenvalue weighted by molar-refractivity contribution is 0.668. The molecule has 25 rings (SSSR count). The lowest BCUT2D eigenvalue weighted by atomic mass is 9.96. The van der Waals surface area contributed by atoms with Crippen molar-refractivity contribution < 1.29 is 13.3 Å². The van der Waals surface area contributed by atoms with E-state index < -0.39 is 0 Å². The zero-order valence-electron chi connectivity index (χ0n) is 68.6. The number of hydrogen-bond donors (Lipinski definition) is 0. The lowest BCUT2D eigenvalue weighted by Crippen LogP contribution is -1.97. The molecule has 0 spiro atoms. The summed E-state index contributed by atoms with van der Waals surface area (Å²) >= 11 is 0. The molecule has 0 bridgehead atoms. The number of hydrogen-bond acceptors (Lipinski definition) is 9. The third-order valence-corrected chi connectivity index (χ3v) is 24.0. The Bertz CT molecular complexity index is 8460. The van der Waals surface area contributed by atoms with Gasteiger partial charge in [0, 0.05) is 71.3 Å². The first kappa shape index (κ1) is 74.9. The highest BCUT2D eigenvalue weighted by molar-refractivity contribution is 6.13. The van der Waals surface area contributed by atoms with E-state index in [1.54, 1.807) is 0 Å². The number of nitrogens with zero attached hydrogens (tertiary/aromatic N) is 6. The molecule has 6 aromatic heterocycles. The van der Waals surface area contributed by atoms with Gasteiger partial charge in [0.1, 0.15) is 33.5 Å². The Kier molecular flexibility index (Phi) is 19.1. The van der Waals surface area contributed by atoms with E-state index in [1.165, 1.54) is 21.9 Å². The van der Waals surface area contributed by atoms with Crippen molar-refractivity contribution in [2.24, 2.45) is 0 Å². The zero-order chi connectivity index (χ0) is 84.1. The molecule has 0 N–H and O–H groups in total. The van der Waals surface area contributed by atoms with E-state index in [2.05, 4.69) is 291 Å². The van der Waals surface area contributed by atoms with Gasteiger partial charge >= 0.3 is 0 Å². The number of furan rings is 3. The Hall–Kier alpha value is -17.1. The Morgan fingerprint density at radius 1 is 0.142 bits per heavy atom. The van der Waals surface area contributed by atoms with Crippen LogP contribution in [-0.2, 0) is 0 Å². The van der Waals surface area contributed by atoms with Gasteiger partial charge in [0.05, 0.1) is 67.3 Å². The first-order chi connectivity index (χ1) is 62.9. The van der Waals surface area contributed by atoms with Gasteiger partial charge in [-0.05, 0) is 169 Å². The predicted octanol–water partition coefficient (Wildman–Crippen LogP) is 31.7. The Labute approximate surface area is 731 Å². The quantitative estimate of drug-likeness (QED) is 0.118. The molecule has 19 aromatic carbocycles. The summed E-state index contributed by atoms with van der Waals surface area (Å²) < 4.78 is 18.5. The summed E-state index contributed by atoms with van der Waals surface area (Å²) in [6.45, 7) is 0. The summed E-state index contributed by atoms with van der Waals surface area (Å²) in [5.41, 5.74) is 35.7. The van der Waals surface area contributed by atoms with Gasteiger partial charge in [0.25, 0.3) is 0 Å². The van der Waals surface area contributed by atoms with E-state index in [-0.39, 0.29) is 0 Å². The maximum Gasteiger partial charge on any atom is 0.136 e. The van der Waals surface area contributed by atoms with Crippen LogP contribution >= 0.6 is 0 Å². The van der Waals surface area contributed by atoms with Crippen molar-refractivity contribution in [1.29, 1.82) is 0 Å². The van der Waals surface area contributed by atoms with Gasteiger partial charge in [-0.1, -0.05) is 352 Å². The monoisotopic (exact) mass is 1620 g/mol. The smallest absolute Gasteiger partial charge is 0.136 e. The van der Waals surface area contributed by atoms with Gasteiger partial charge in [0.15, 0.2) is 0 Å². The van der Waals surface area contributed by atoms with Crippen LogP contribution in [0.4, 0.5) is 0 Å². The number of aromatic nitrogens is 6. The molecule has 127 heavy (non-hydrogen) atoms. The summed E-state index contributed by atoms with van der Waals surface area (Å²) in [6, 6.07) is 155. The minimum atomic E-state index is 0.866. The molecule has 0 atom stereocenters. The van der Waals surface area contributed by atoms with E-state index >= 15 is 0 Å². The number of benzene rings is 19. The van der Waals surface area contributed by atoms with Gasteiger partial charge in [-0.25, -0.2) is 29.9 Å². The molecule has 0 aliphatic carbocycles. The standard InChI is InChI=1S/C42H26N2O.2C38H24N2O/c1-2-9-32-26-33(25-18-27(32)8-1)28-16-21-30(22-17-28)41-42(44-37-13-5-4-12-36(37)43-41)31-23-19-29(20-24-31)34-11-7-15-39-40(34)35-10-3-6-14-38(35)45-39;1-3-11-25(12-4-1)36-37(26-13-5-2-6-14-26)40-38-30(18-10-19-33(38)39-36)29-16-9-15-27(23-29)28-21-22-32-31-17-7-8-20-34(31)41-35(32)24-28;1-3-10-25(11-4-1)37-38(26-12-5-2-6-13-26)40-34-23-29(19-21-33(34)39-37)27-14-9-15-28(22-27)30-18-20-32-31-16-7-8-17-35(31)41-36(32)24-30/h1-26H;2*1-24H. The first-order valence-corrected chi connectivity index (χ1v) is 42.7. The fourth-order valence-corrected chi connectivity index (χ4v) is 17.7. The topological polar surface area (TPSA) is 117 Å². The van der Waals surface area contributed by atoms with Crippen molar-refractivity contribution in [3.05, 3.63) is 449 Å². The van der Waals surface area contributed by atoms with Crippen LogP contribution < -0.4 is 0 Å². The van der Waals surface area contributed by atoms with Crippen LogP contribution in [0, 0.1) is 0 Å². The molecule has 594 valence electrons. The van der Waals surface area contributed by atoms with Gasteiger partial charge in [-0.3, -0.25) is 0 Å². The van der Waals surface area contributed by atoms with Crippen molar-refractivity contribution in [3.63, 3.8) is 0 Å². The molecule has 0 saturated carbocycles. The van der Waals surface area contributed by atoms with Gasteiger partial charge in [0.2, 0.25) is 0 Å². The molecule has 0 fully saturated rings. The summed E-state index contributed by atoms with van der Waals surface area (Å²) in [5, 5.41) is 9.30. The molecule has 0 unspecified atom stereocenters. The lowest BCUT2D eigenvalue weighted by Gasteiger charge is -2.13. The number of rotatable bonds is 12. The van der Waals surface area contributed by atoms with E-state index in [0.29, 0.717) is 0 Å². The summed E-state index contributed by atoms with van der Waals surface area (Å²) in [5.74, 6) is 0. The molecule has 0 radical (unpaired) electrons. The van der Waals surface area contributed by atoms with Crippen LogP contribution in [0.3, 0.4) is 0 Å². The molecule has 6 heterocycles. The van der Waals surface area contributed by atoms with Gasteiger partial charge < -0.3 is 13.3 Å². The van der Waals surface area contributed by atoms with Crippen molar-refractivity contribution in [2.75, 3.05) is 0 Å². The molecule has 9 heteroatoms. The molecule has 0 aliphatic heterocycles. The van der Waals surface area contributed by atoms with Gasteiger partial charge in [-0.15, -0.1) is 0 Å². The van der Waals surface area contributed by atoms with E-state index in [9.17, 15) is 0 Å². The normalized spacial score (nSPS) is 11.5. The largest absolute Gasteiger partial charge is 0.456 e. The highest BCUT2D eigenvalue weighted by Crippen LogP contribution is 2.44. The average Bonchev–Trinajstić information content (AvgIpc) is 1.75. The average molecular weight is 1620 g/mol. The van der Waals surface area contributed by atoms with Crippen LogP contribution in [0.25, 0.3) is 244 Å². The molecule has 0 amide bonds. The van der Waals surface area contributed by atoms with E-state index in [1.807, 2.05) is 158 Å². The second kappa shape index (κ2) is 32.3. The van der Waals surface area contributed by atoms with Crippen LogP contribution in [0.5, 0.6) is 0 Å². The van der Waals surface area contributed by atoms with Crippen molar-refractivity contribution in [3.8, 4) is 134 Å². The summed E-state index contributed by atoms with van der Waals surface area (Å²) in [4.78, 5) is 31.0. The number of para-hydroxylation sites is 6. The van der Waals surface area contributed by atoms with Crippen LogP contribution in [0.1, 0.15) is 0 Å². The fourth-order valence-electron chi connectivity index (χ4n) is 17.7. The second-order valence-corrected chi connectivity index (χ2v) is 31.9. The maximum atomic E-state index is 6.17. The molecule has 0 saturated heterocycles. The Balaban J connectivity index is 0.000000109. The van der Waals surface area contributed by atoms with E-state index in [0.717, 1.165) is 222 Å². The first-order valence-electron chi connectivity index (χ1n) is 42.7. The van der Waals surface area contributed by atoms with Crippen LogP contribution in [-0.4, -0.2) is 29.9 Å². The van der Waals surface area contributed by atoms with Crippen LogP contribution in [0.2, 0.25) is 0 Å². The van der Waals surface area contributed by atoms with Crippen molar-refractivity contribution in [2.45, 2.75) is 0 Å². The minimum absolute atomic E-state index is 0.866. The summed E-state index contributed by atoms with van der Waals surface area (Å²) in [6.07, 6.45) is 0. The molecular formula is C118H74N6O3. The third-order valence-electron chi connectivity index (χ3n) is 24.0. The molecule has 25 aromatic rings. The maximum absolute atomic E-state index is 6.17. The predicted molar refractivity (Wildman–Crippen MR) is 523 cm³/mol. The summed E-state index contributed by atoms with van der Waals surface area (Å²) in [7, 11) is 0. The third kappa shape index (κ3) is 14.4. The highest BCUT2D eigenvalue weighted by Gasteiger charge is 2.22. The highest BCUT2D eigenvalue weighted by atomic mass is 16.3. The van der Waals surface area contributed by atoms with Crippen molar-refractivity contribution in [1.82, 2.24) is 29.9 Å². The zero-order valence-corrected chi connectivity index (χ0v) is 68.6. The van der Waals surface area contributed by atoms with Crippen LogP contribution in [0.15, 0.2) is 462 Å². The SMILES string of the molecule is c1ccc(-c2nc3ccc(-c4cccc(-c5ccc6c(c5)oc5ccccc56)c4)cc3nc2-c2ccccc2)cc1.c1ccc(-c2nc3cccc(-c4cccc(-c5ccc6c(c5)oc5ccccc56)c4)c3nc2-c2ccccc2)cc1.c1ccc2cc(-c3ccc(-c4nc5ccccc5nc4-c4ccc(-c5cccc6oc7ccccc7c56)cc4)cc3)ccc2c1. The molecule has 0 aliphatic rings. The fraction of sp³-hybridized carbons (Fsp3) is 0. The Morgan fingerprint density at radius 3 is 1.01 bits per heavy atom. The minimum Gasteiger partial charge on any atom is -0.456 e.